The van der Waals surface area contributed by atoms with E-state index in [0.29, 0.717) is 12.6 Å². The summed E-state index contributed by atoms with van der Waals surface area (Å²) >= 11 is 0. The minimum Gasteiger partial charge on any atom is -0.428 e. The summed E-state index contributed by atoms with van der Waals surface area (Å²) in [5, 5.41) is 7.56. The van der Waals surface area contributed by atoms with E-state index >= 15 is 0 Å². The third-order valence-corrected chi connectivity index (χ3v) is 2.51. The Bertz CT molecular complexity index is 365. The molecular weight excluding hydrogens is 175 g/mol. The van der Waals surface area contributed by atoms with Gasteiger partial charge >= 0.3 is 0 Å². The van der Waals surface area contributed by atoms with Crippen LogP contribution >= 0.6 is 0 Å². The smallest absolute Gasteiger partial charge is 0.220 e. The lowest BCUT2D eigenvalue weighted by molar-refractivity contribution is 0.504. The number of aromatic nitrogens is 2. The number of nitrogens with zero attached hydrogens (tertiary/aromatic N) is 2. The van der Waals surface area contributed by atoms with Crippen LogP contribution in [0, 0.1) is 0 Å². The zero-order chi connectivity index (χ0) is 9.97. The molecule has 0 saturated heterocycles. The van der Waals surface area contributed by atoms with E-state index < -0.39 is 0 Å². The monoisotopic (exact) mass is 188 g/mol. The Morgan fingerprint density at radius 1 is 1.50 bits per heavy atom. The van der Waals surface area contributed by atoms with E-state index in [1.165, 1.54) is 17.4 Å². The van der Waals surface area contributed by atoms with E-state index in [9.17, 15) is 0 Å². The van der Waals surface area contributed by atoms with Crippen LogP contribution in [0.15, 0.2) is 34.0 Å². The maximum atomic E-state index is 5.13. The van der Waals surface area contributed by atoms with Gasteiger partial charge in [0.25, 0.3) is 0 Å². The Morgan fingerprint density at radius 2 is 2.36 bits per heavy atom. The van der Waals surface area contributed by atoms with Crippen LogP contribution in [-0.2, 0) is 6.42 Å². The first-order valence-corrected chi connectivity index (χ1v) is 4.91. The van der Waals surface area contributed by atoms with Gasteiger partial charge in [-0.3, -0.25) is 0 Å². The summed E-state index contributed by atoms with van der Waals surface area (Å²) in [6.07, 6.45) is 7.58. The van der Waals surface area contributed by atoms with Crippen LogP contribution in [0.1, 0.15) is 12.3 Å². The molecule has 1 aromatic heterocycles. The summed E-state index contributed by atoms with van der Waals surface area (Å²) < 4.78 is 5.13. The van der Waals surface area contributed by atoms with Gasteiger partial charge in [0, 0.05) is 0 Å². The van der Waals surface area contributed by atoms with Crippen molar-refractivity contribution < 1.29 is 4.42 Å². The molecule has 0 amide bonds. The first kappa shape index (κ1) is 9.25. The van der Waals surface area contributed by atoms with Crippen molar-refractivity contribution >= 4 is 6.71 Å². The average molecular weight is 188 g/mol. The van der Waals surface area contributed by atoms with Crippen LogP contribution in [-0.4, -0.2) is 16.9 Å². The quantitative estimate of drug-likeness (QED) is 0.682. The first-order chi connectivity index (χ1) is 6.77. The highest BCUT2D eigenvalue weighted by Crippen LogP contribution is 2.23. The van der Waals surface area contributed by atoms with Crippen molar-refractivity contribution in [1.29, 1.82) is 0 Å². The van der Waals surface area contributed by atoms with Gasteiger partial charge in [0.2, 0.25) is 12.3 Å². The van der Waals surface area contributed by atoms with Gasteiger partial charge in [0.05, 0.1) is 6.42 Å². The average Bonchev–Trinajstić information content (AvgIpc) is 2.75. The molecule has 0 fully saturated rings. The zero-order valence-corrected chi connectivity index (χ0v) is 8.53. The van der Waals surface area contributed by atoms with Crippen LogP contribution in [0.5, 0.6) is 0 Å². The van der Waals surface area contributed by atoms with Crippen molar-refractivity contribution in [3.05, 3.63) is 35.5 Å². The molecule has 1 aliphatic rings. The molecule has 72 valence electrons. The summed E-state index contributed by atoms with van der Waals surface area (Å²) in [5.41, 5.74) is 2.83. The van der Waals surface area contributed by atoms with Crippen LogP contribution < -0.4 is 0 Å². The topological polar surface area (TPSA) is 38.9 Å². The Morgan fingerprint density at radius 3 is 3.00 bits per heavy atom. The van der Waals surface area contributed by atoms with E-state index in [0.717, 1.165) is 12.8 Å². The molecule has 0 aliphatic heterocycles. The molecule has 0 saturated carbocycles. The SMILES string of the molecule is CB(C)C1=C(Cc2nnco2)C=CC1. The standard InChI is InChI=1S/C10H13BN2O/c1-11(2)9-5-3-4-8(9)6-10-13-12-7-14-10/h3-4,7H,5-6H2,1-2H3. The fraction of sp³-hybridized carbons (Fsp3) is 0.400. The van der Waals surface area contributed by atoms with Gasteiger partial charge in [-0.2, -0.15) is 0 Å². The number of hydrogen-bond acceptors (Lipinski definition) is 3. The third kappa shape index (κ3) is 1.79. The number of hydrogen-bond donors (Lipinski definition) is 0. The van der Waals surface area contributed by atoms with Gasteiger partial charge < -0.3 is 4.42 Å². The van der Waals surface area contributed by atoms with E-state index in [4.69, 9.17) is 4.42 Å². The lowest BCUT2D eigenvalue weighted by atomic mass is 9.47. The highest BCUT2D eigenvalue weighted by atomic mass is 16.4. The van der Waals surface area contributed by atoms with Crippen molar-refractivity contribution in [3.8, 4) is 0 Å². The molecule has 0 atom stereocenters. The Labute approximate surface area is 84.0 Å². The van der Waals surface area contributed by atoms with Gasteiger partial charge in [-0.15, -0.1) is 10.2 Å². The number of allylic oxidation sites excluding steroid dienone is 4. The van der Waals surface area contributed by atoms with Gasteiger partial charge in [-0.25, -0.2) is 0 Å². The van der Waals surface area contributed by atoms with Crippen molar-refractivity contribution in [3.63, 3.8) is 0 Å². The molecule has 3 nitrogen and oxygen atoms in total. The second-order valence-electron chi connectivity index (χ2n) is 3.82. The molecule has 1 heterocycles. The summed E-state index contributed by atoms with van der Waals surface area (Å²) in [4.78, 5) is 0. The van der Waals surface area contributed by atoms with Gasteiger partial charge in [-0.1, -0.05) is 31.3 Å². The fourth-order valence-electron chi connectivity index (χ4n) is 1.78. The molecule has 1 aromatic rings. The molecule has 0 unspecified atom stereocenters. The second-order valence-corrected chi connectivity index (χ2v) is 3.82. The molecule has 2 rings (SSSR count). The maximum Gasteiger partial charge on any atom is 0.220 e. The maximum absolute atomic E-state index is 5.13. The predicted molar refractivity (Wildman–Crippen MR) is 56.3 cm³/mol. The molecule has 0 spiro atoms. The van der Waals surface area contributed by atoms with Crippen LogP contribution in [0.3, 0.4) is 0 Å². The highest BCUT2D eigenvalue weighted by Gasteiger charge is 2.16. The molecule has 1 aliphatic carbocycles. The van der Waals surface area contributed by atoms with Crippen LogP contribution in [0.2, 0.25) is 13.6 Å². The Kier molecular flexibility index (Phi) is 2.52. The minimum atomic E-state index is 0.600. The molecule has 0 radical (unpaired) electrons. The lowest BCUT2D eigenvalue weighted by Crippen LogP contribution is -2.07. The van der Waals surface area contributed by atoms with Gasteiger partial charge in [-0.05, 0) is 12.0 Å². The largest absolute Gasteiger partial charge is 0.428 e. The zero-order valence-electron chi connectivity index (χ0n) is 8.53. The normalized spacial score (nSPS) is 15.3. The van der Waals surface area contributed by atoms with Gasteiger partial charge in [0.1, 0.15) is 0 Å². The molecule has 0 aromatic carbocycles. The minimum absolute atomic E-state index is 0.600. The third-order valence-electron chi connectivity index (χ3n) is 2.51. The van der Waals surface area contributed by atoms with E-state index in [1.54, 1.807) is 0 Å². The molecule has 14 heavy (non-hydrogen) atoms. The molecule has 4 heteroatoms. The Hall–Kier alpha value is -1.32. The summed E-state index contributed by atoms with van der Waals surface area (Å²) in [6, 6.07) is 0. The van der Waals surface area contributed by atoms with Crippen molar-refractivity contribution in [1.82, 2.24) is 10.2 Å². The van der Waals surface area contributed by atoms with Gasteiger partial charge in [0.15, 0.2) is 6.71 Å². The van der Waals surface area contributed by atoms with E-state index in [1.807, 2.05) is 0 Å². The lowest BCUT2D eigenvalue weighted by Gasteiger charge is -2.06. The van der Waals surface area contributed by atoms with Crippen molar-refractivity contribution in [2.75, 3.05) is 0 Å². The summed E-state index contributed by atoms with van der Waals surface area (Å²) in [6.45, 7) is 5.04. The molecule has 0 bridgehead atoms. The Balaban J connectivity index is 2.17. The van der Waals surface area contributed by atoms with Crippen molar-refractivity contribution in [2.45, 2.75) is 26.5 Å². The second kappa shape index (κ2) is 3.82. The summed E-state index contributed by atoms with van der Waals surface area (Å²) in [5.74, 6) is 0.699. The van der Waals surface area contributed by atoms with Crippen molar-refractivity contribution in [2.24, 2.45) is 0 Å². The highest BCUT2D eigenvalue weighted by molar-refractivity contribution is 6.64. The fourth-order valence-corrected chi connectivity index (χ4v) is 1.78. The van der Waals surface area contributed by atoms with E-state index in [-0.39, 0.29) is 0 Å². The van der Waals surface area contributed by atoms with E-state index in [2.05, 4.69) is 36.0 Å². The molecular formula is C10H13BN2O. The molecule has 0 N–H and O–H groups in total. The summed E-state index contributed by atoms with van der Waals surface area (Å²) in [7, 11) is 0. The first-order valence-electron chi connectivity index (χ1n) is 4.91. The van der Waals surface area contributed by atoms with Crippen LogP contribution in [0.4, 0.5) is 0 Å². The van der Waals surface area contributed by atoms with Crippen LogP contribution in [0.25, 0.3) is 0 Å². The number of rotatable bonds is 3. The predicted octanol–water partition coefficient (Wildman–Crippen LogP) is 2.16.